The predicted octanol–water partition coefficient (Wildman–Crippen LogP) is 1.08. The lowest BCUT2D eigenvalue weighted by Crippen LogP contribution is -2.48. The Kier molecular flexibility index (Phi) is 4.41. The van der Waals surface area contributed by atoms with Gasteiger partial charge in [-0.05, 0) is 18.2 Å². The molecule has 0 atom stereocenters. The van der Waals surface area contributed by atoms with Crippen LogP contribution >= 0.6 is 0 Å². The van der Waals surface area contributed by atoms with E-state index in [0.29, 0.717) is 31.9 Å². The first-order chi connectivity index (χ1) is 13.4. The van der Waals surface area contributed by atoms with Crippen LogP contribution in [0.15, 0.2) is 36.7 Å². The first-order valence-electron chi connectivity index (χ1n) is 8.64. The van der Waals surface area contributed by atoms with Gasteiger partial charge in [-0.3, -0.25) is 0 Å². The molecule has 0 amide bonds. The second-order valence-corrected chi connectivity index (χ2v) is 8.60. The molecule has 9 nitrogen and oxygen atoms in total. The summed E-state index contributed by atoms with van der Waals surface area (Å²) >= 11 is 0. The molecule has 1 fully saturated rings. The van der Waals surface area contributed by atoms with E-state index in [9.17, 15) is 13.5 Å². The van der Waals surface area contributed by atoms with Gasteiger partial charge in [0.1, 0.15) is 17.6 Å². The Balaban J connectivity index is 1.61. The Hall–Kier alpha value is -3.16. The molecule has 0 saturated carbocycles. The van der Waals surface area contributed by atoms with Gasteiger partial charge < -0.3 is 10.0 Å². The fourth-order valence-electron chi connectivity index (χ4n) is 3.29. The summed E-state index contributed by atoms with van der Waals surface area (Å²) in [5.74, 6) is 0.667. The second-order valence-electron chi connectivity index (χ2n) is 6.62. The lowest BCUT2D eigenvalue weighted by Gasteiger charge is -2.33. The molecule has 2 aromatic heterocycles. The van der Waals surface area contributed by atoms with Crippen LogP contribution < -0.4 is 4.90 Å². The van der Waals surface area contributed by atoms with Crippen LogP contribution in [0.1, 0.15) is 5.56 Å². The Bertz CT molecular complexity index is 1190. The smallest absolute Gasteiger partial charge is 0.211 e. The maximum Gasteiger partial charge on any atom is 0.211 e. The summed E-state index contributed by atoms with van der Waals surface area (Å²) in [6.45, 7) is 2.01. The van der Waals surface area contributed by atoms with E-state index in [2.05, 4.69) is 10.1 Å². The average molecular weight is 398 g/mol. The number of aromatic nitrogens is 3. The lowest BCUT2D eigenvalue weighted by atomic mass is 10.2. The first-order valence-corrected chi connectivity index (χ1v) is 10.5. The van der Waals surface area contributed by atoms with Crippen LogP contribution in [0.3, 0.4) is 0 Å². The molecule has 4 rings (SSSR count). The standard InChI is InChI=1S/C18H18N6O3S/c1-28(26,27)23-6-4-22(5-7-23)18-8-14-11-21-24(16(14)12-20-18)15-3-2-13(10-19)17(25)9-15/h2-3,8-9,11-12,25H,4-7H2,1H3. The summed E-state index contributed by atoms with van der Waals surface area (Å²) in [5.41, 5.74) is 1.60. The summed E-state index contributed by atoms with van der Waals surface area (Å²) in [6, 6.07) is 8.58. The van der Waals surface area contributed by atoms with Crippen LogP contribution in [0.5, 0.6) is 5.75 Å². The summed E-state index contributed by atoms with van der Waals surface area (Å²) < 4.78 is 26.4. The average Bonchev–Trinajstić information content (AvgIpc) is 3.10. The molecule has 3 aromatic rings. The number of benzene rings is 1. The van der Waals surface area contributed by atoms with Crippen LogP contribution in [-0.2, 0) is 10.0 Å². The van der Waals surface area contributed by atoms with Crippen molar-refractivity contribution in [2.45, 2.75) is 0 Å². The number of piperazine rings is 1. The molecule has 1 aliphatic heterocycles. The van der Waals surface area contributed by atoms with Gasteiger partial charge in [0.05, 0.1) is 35.4 Å². The highest BCUT2D eigenvalue weighted by molar-refractivity contribution is 7.88. The van der Waals surface area contributed by atoms with Gasteiger partial charge in [-0.1, -0.05) is 0 Å². The monoisotopic (exact) mass is 398 g/mol. The minimum absolute atomic E-state index is 0.100. The molecule has 0 bridgehead atoms. The lowest BCUT2D eigenvalue weighted by molar-refractivity contribution is 0.387. The minimum atomic E-state index is -3.17. The largest absolute Gasteiger partial charge is 0.506 e. The highest BCUT2D eigenvalue weighted by atomic mass is 32.2. The van der Waals surface area contributed by atoms with E-state index in [1.807, 2.05) is 17.0 Å². The zero-order chi connectivity index (χ0) is 19.9. The highest BCUT2D eigenvalue weighted by Crippen LogP contribution is 2.25. The number of anilines is 1. The van der Waals surface area contributed by atoms with E-state index >= 15 is 0 Å². The molecule has 0 unspecified atom stereocenters. The molecule has 1 N–H and O–H groups in total. The molecule has 0 aliphatic carbocycles. The Morgan fingerprint density at radius 1 is 1.14 bits per heavy atom. The second kappa shape index (κ2) is 6.78. The third-order valence-corrected chi connectivity index (χ3v) is 6.12. The Morgan fingerprint density at radius 3 is 2.54 bits per heavy atom. The minimum Gasteiger partial charge on any atom is -0.506 e. The SMILES string of the molecule is CS(=O)(=O)N1CCN(c2cc3cnn(-c4ccc(C#N)c(O)c4)c3cn2)CC1. The van der Waals surface area contributed by atoms with Gasteiger partial charge in [0, 0.05) is 37.6 Å². The highest BCUT2D eigenvalue weighted by Gasteiger charge is 2.24. The van der Waals surface area contributed by atoms with E-state index < -0.39 is 10.0 Å². The van der Waals surface area contributed by atoms with Crippen LogP contribution in [-0.4, -0.2) is 65.0 Å². The molecule has 3 heterocycles. The summed E-state index contributed by atoms with van der Waals surface area (Å²) in [7, 11) is -3.17. The van der Waals surface area contributed by atoms with E-state index in [0.717, 1.165) is 16.7 Å². The van der Waals surface area contributed by atoms with Gasteiger partial charge in [-0.2, -0.15) is 14.7 Å². The third kappa shape index (κ3) is 3.26. The van der Waals surface area contributed by atoms with Gasteiger partial charge in [-0.25, -0.2) is 18.1 Å². The van der Waals surface area contributed by atoms with Crippen molar-refractivity contribution in [1.29, 1.82) is 5.26 Å². The summed E-state index contributed by atoms with van der Waals surface area (Å²) in [5, 5.41) is 24.1. The third-order valence-electron chi connectivity index (χ3n) is 4.82. The number of phenolic OH excluding ortho intramolecular Hbond substituents is 1. The number of nitrogens with zero attached hydrogens (tertiary/aromatic N) is 6. The molecular weight excluding hydrogens is 380 g/mol. The number of hydrogen-bond donors (Lipinski definition) is 1. The van der Waals surface area contributed by atoms with E-state index in [1.165, 1.54) is 16.6 Å². The van der Waals surface area contributed by atoms with E-state index in [4.69, 9.17) is 5.26 Å². The van der Waals surface area contributed by atoms with E-state index in [-0.39, 0.29) is 11.3 Å². The van der Waals surface area contributed by atoms with E-state index in [1.54, 1.807) is 29.2 Å². The number of hydrogen-bond acceptors (Lipinski definition) is 7. The molecule has 144 valence electrons. The molecule has 28 heavy (non-hydrogen) atoms. The topological polar surface area (TPSA) is 115 Å². The number of sulfonamides is 1. The molecular formula is C18H18N6O3S. The molecule has 1 saturated heterocycles. The van der Waals surface area contributed by atoms with Gasteiger partial charge >= 0.3 is 0 Å². The molecule has 10 heteroatoms. The van der Waals surface area contributed by atoms with Crippen molar-refractivity contribution in [3.05, 3.63) is 42.2 Å². The number of rotatable bonds is 3. The van der Waals surface area contributed by atoms with Gasteiger partial charge in [0.2, 0.25) is 10.0 Å². The van der Waals surface area contributed by atoms with Gasteiger partial charge in [0.25, 0.3) is 0 Å². The van der Waals surface area contributed by atoms with Crippen molar-refractivity contribution >= 4 is 26.7 Å². The van der Waals surface area contributed by atoms with Gasteiger partial charge in [0.15, 0.2) is 0 Å². The van der Waals surface area contributed by atoms with Crippen molar-refractivity contribution in [3.63, 3.8) is 0 Å². The predicted molar refractivity (Wildman–Crippen MR) is 104 cm³/mol. The molecule has 1 aliphatic rings. The first kappa shape index (κ1) is 18.2. The summed E-state index contributed by atoms with van der Waals surface area (Å²) in [4.78, 5) is 6.56. The quantitative estimate of drug-likeness (QED) is 0.702. The zero-order valence-electron chi connectivity index (χ0n) is 15.1. The maximum absolute atomic E-state index is 11.7. The van der Waals surface area contributed by atoms with Crippen molar-refractivity contribution in [1.82, 2.24) is 19.1 Å². The number of aromatic hydroxyl groups is 1. The van der Waals surface area contributed by atoms with Crippen molar-refractivity contribution in [3.8, 4) is 17.5 Å². The van der Waals surface area contributed by atoms with Gasteiger partial charge in [-0.15, -0.1) is 0 Å². The number of fused-ring (bicyclic) bond motifs is 1. The Labute approximate surface area is 162 Å². The number of nitriles is 1. The van der Waals surface area contributed by atoms with Crippen molar-refractivity contribution in [2.75, 3.05) is 37.3 Å². The van der Waals surface area contributed by atoms with Crippen LogP contribution in [0.2, 0.25) is 0 Å². The normalized spacial score (nSPS) is 15.6. The van der Waals surface area contributed by atoms with Crippen LogP contribution in [0.4, 0.5) is 5.82 Å². The van der Waals surface area contributed by atoms with Crippen LogP contribution in [0, 0.1) is 11.3 Å². The van der Waals surface area contributed by atoms with Crippen LogP contribution in [0.25, 0.3) is 16.6 Å². The summed E-state index contributed by atoms with van der Waals surface area (Å²) in [6.07, 6.45) is 4.64. The molecule has 0 radical (unpaired) electrons. The Morgan fingerprint density at radius 2 is 1.89 bits per heavy atom. The molecule has 1 aromatic carbocycles. The molecule has 0 spiro atoms. The maximum atomic E-state index is 11.7. The van der Waals surface area contributed by atoms with Crippen molar-refractivity contribution < 1.29 is 13.5 Å². The fourth-order valence-corrected chi connectivity index (χ4v) is 4.12. The zero-order valence-corrected chi connectivity index (χ0v) is 16.0. The van der Waals surface area contributed by atoms with Crippen molar-refractivity contribution in [2.24, 2.45) is 0 Å². The number of pyridine rings is 1. The fraction of sp³-hybridized carbons (Fsp3) is 0.278. The number of phenols is 1.